The molecule has 6 nitrogen and oxygen atoms in total. The van der Waals surface area contributed by atoms with E-state index in [1.165, 1.54) is 10.9 Å². The summed E-state index contributed by atoms with van der Waals surface area (Å²) in [6, 6.07) is 8.26. The van der Waals surface area contributed by atoms with Crippen LogP contribution in [0.25, 0.3) is 10.9 Å². The number of carbonyl (C=O) groups excluding carboxylic acids is 1. The summed E-state index contributed by atoms with van der Waals surface area (Å²) in [5.74, 6) is 1.25. The maximum Gasteiger partial charge on any atom is 0.222 e. The zero-order chi connectivity index (χ0) is 17.8. The second-order valence-corrected chi connectivity index (χ2v) is 6.91. The van der Waals surface area contributed by atoms with Gasteiger partial charge in [-0.15, -0.1) is 0 Å². The van der Waals surface area contributed by atoms with Gasteiger partial charge in [0.05, 0.1) is 6.54 Å². The molecule has 0 unspecified atom stereocenters. The number of aromatic amines is 2. The van der Waals surface area contributed by atoms with Crippen LogP contribution in [0.5, 0.6) is 0 Å². The zero-order valence-corrected chi connectivity index (χ0v) is 14.9. The van der Waals surface area contributed by atoms with E-state index in [1.54, 1.807) is 6.20 Å². The number of para-hydroxylation sites is 1. The average Bonchev–Trinajstić information content (AvgIpc) is 3.25. The molecule has 2 aromatic heterocycles. The predicted octanol–water partition coefficient (Wildman–Crippen LogP) is 2.56. The van der Waals surface area contributed by atoms with Crippen molar-refractivity contribution in [3.05, 3.63) is 54.2 Å². The Kier molecular flexibility index (Phi) is 5.02. The van der Waals surface area contributed by atoms with Gasteiger partial charge in [0, 0.05) is 62.1 Å². The molecule has 1 aromatic carbocycles. The fraction of sp³-hybridized carbons (Fsp3) is 0.400. The molecular formula is C20H25N5O. The summed E-state index contributed by atoms with van der Waals surface area (Å²) < 4.78 is 0. The third-order valence-corrected chi connectivity index (χ3v) is 5.15. The molecule has 0 aliphatic carbocycles. The molecule has 3 heterocycles. The summed E-state index contributed by atoms with van der Waals surface area (Å²) in [5.41, 5.74) is 2.36. The van der Waals surface area contributed by atoms with Crippen molar-refractivity contribution in [2.24, 2.45) is 0 Å². The first kappa shape index (κ1) is 16.8. The molecular weight excluding hydrogens is 326 g/mol. The van der Waals surface area contributed by atoms with Crippen LogP contribution in [-0.2, 0) is 17.8 Å². The lowest BCUT2D eigenvalue weighted by Crippen LogP contribution is -2.35. The van der Waals surface area contributed by atoms with Crippen LogP contribution in [0, 0.1) is 0 Å². The highest BCUT2D eigenvalue weighted by molar-refractivity contribution is 5.84. The minimum absolute atomic E-state index is 0.259. The quantitative estimate of drug-likeness (QED) is 0.742. The van der Waals surface area contributed by atoms with Gasteiger partial charge in [0.2, 0.25) is 5.91 Å². The highest BCUT2D eigenvalue weighted by Gasteiger charge is 2.19. The van der Waals surface area contributed by atoms with Gasteiger partial charge in [-0.1, -0.05) is 18.2 Å². The van der Waals surface area contributed by atoms with E-state index in [-0.39, 0.29) is 5.91 Å². The van der Waals surface area contributed by atoms with E-state index in [4.69, 9.17) is 0 Å². The van der Waals surface area contributed by atoms with Gasteiger partial charge >= 0.3 is 0 Å². The molecule has 26 heavy (non-hydrogen) atoms. The van der Waals surface area contributed by atoms with Gasteiger partial charge in [0.25, 0.3) is 0 Å². The number of amides is 1. The Morgan fingerprint density at radius 1 is 1.12 bits per heavy atom. The first-order chi connectivity index (χ1) is 12.8. The first-order valence-corrected chi connectivity index (χ1v) is 9.33. The number of imidazole rings is 1. The Labute approximate surface area is 153 Å². The maximum atomic E-state index is 12.7. The van der Waals surface area contributed by atoms with E-state index in [1.807, 2.05) is 29.4 Å². The van der Waals surface area contributed by atoms with Crippen LogP contribution < -0.4 is 0 Å². The normalized spacial score (nSPS) is 16.1. The standard InChI is InChI=1S/C20H25N5O/c26-20(7-6-16-14-23-18-5-2-1-4-17(16)18)25-11-3-10-24(12-13-25)15-19-21-8-9-22-19/h1-2,4-5,8-9,14,23H,3,6-7,10-13,15H2,(H,21,22). The van der Waals surface area contributed by atoms with Gasteiger partial charge in [-0.25, -0.2) is 4.98 Å². The van der Waals surface area contributed by atoms with Crippen LogP contribution in [0.1, 0.15) is 24.2 Å². The molecule has 6 heteroatoms. The Morgan fingerprint density at radius 3 is 2.92 bits per heavy atom. The number of benzene rings is 1. The predicted molar refractivity (Wildman–Crippen MR) is 102 cm³/mol. The Bertz CT molecular complexity index is 854. The van der Waals surface area contributed by atoms with Crippen molar-refractivity contribution in [2.45, 2.75) is 25.8 Å². The number of nitrogens with one attached hydrogen (secondary N) is 2. The van der Waals surface area contributed by atoms with E-state index >= 15 is 0 Å². The second kappa shape index (κ2) is 7.74. The molecule has 1 aliphatic heterocycles. The number of nitrogens with zero attached hydrogens (tertiary/aromatic N) is 3. The van der Waals surface area contributed by atoms with Crippen LogP contribution in [0.15, 0.2) is 42.9 Å². The molecule has 1 aliphatic rings. The van der Waals surface area contributed by atoms with Crippen molar-refractivity contribution < 1.29 is 4.79 Å². The largest absolute Gasteiger partial charge is 0.361 e. The summed E-state index contributed by atoms with van der Waals surface area (Å²) in [6.45, 7) is 4.38. The van der Waals surface area contributed by atoms with Crippen LogP contribution in [0.2, 0.25) is 0 Å². The fourth-order valence-electron chi connectivity index (χ4n) is 3.71. The van der Waals surface area contributed by atoms with Crippen molar-refractivity contribution in [2.75, 3.05) is 26.2 Å². The van der Waals surface area contributed by atoms with E-state index in [2.05, 4.69) is 32.0 Å². The molecule has 136 valence electrons. The van der Waals surface area contributed by atoms with Gasteiger partial charge in [0.15, 0.2) is 0 Å². The molecule has 0 radical (unpaired) electrons. The molecule has 2 N–H and O–H groups in total. The highest BCUT2D eigenvalue weighted by Crippen LogP contribution is 2.19. The SMILES string of the molecule is O=C(CCc1c[nH]c2ccccc12)N1CCCN(Cc2ncc[nH]2)CC1. The van der Waals surface area contributed by atoms with Crippen molar-refractivity contribution in [3.63, 3.8) is 0 Å². The summed E-state index contributed by atoms with van der Waals surface area (Å²) in [7, 11) is 0. The Hall–Kier alpha value is -2.60. The number of aromatic nitrogens is 3. The van der Waals surface area contributed by atoms with Crippen molar-refractivity contribution in [1.29, 1.82) is 0 Å². The molecule has 1 fully saturated rings. The highest BCUT2D eigenvalue weighted by atomic mass is 16.2. The number of rotatable bonds is 5. The van der Waals surface area contributed by atoms with Crippen LogP contribution in [0.3, 0.4) is 0 Å². The van der Waals surface area contributed by atoms with Gasteiger partial charge in [-0.3, -0.25) is 9.69 Å². The van der Waals surface area contributed by atoms with E-state index < -0.39 is 0 Å². The van der Waals surface area contributed by atoms with Gasteiger partial charge in [0.1, 0.15) is 5.82 Å². The Balaban J connectivity index is 1.30. The second-order valence-electron chi connectivity index (χ2n) is 6.91. The maximum absolute atomic E-state index is 12.7. The lowest BCUT2D eigenvalue weighted by molar-refractivity contribution is -0.131. The fourth-order valence-corrected chi connectivity index (χ4v) is 3.71. The van der Waals surface area contributed by atoms with E-state index in [0.29, 0.717) is 6.42 Å². The summed E-state index contributed by atoms with van der Waals surface area (Å²) in [6.07, 6.45) is 8.04. The average molecular weight is 351 g/mol. The lowest BCUT2D eigenvalue weighted by atomic mass is 10.1. The number of hydrogen-bond acceptors (Lipinski definition) is 3. The first-order valence-electron chi connectivity index (χ1n) is 9.33. The zero-order valence-electron chi connectivity index (χ0n) is 14.9. The van der Waals surface area contributed by atoms with Gasteiger partial charge < -0.3 is 14.9 Å². The lowest BCUT2D eigenvalue weighted by Gasteiger charge is -2.21. The van der Waals surface area contributed by atoms with E-state index in [9.17, 15) is 4.79 Å². The van der Waals surface area contributed by atoms with Gasteiger partial charge in [-0.05, 0) is 24.5 Å². The third kappa shape index (κ3) is 3.80. The van der Waals surface area contributed by atoms with Crippen LogP contribution in [0.4, 0.5) is 0 Å². The minimum atomic E-state index is 0.259. The molecule has 0 atom stereocenters. The number of fused-ring (bicyclic) bond motifs is 1. The van der Waals surface area contributed by atoms with Crippen molar-refractivity contribution in [3.8, 4) is 0 Å². The molecule has 0 bridgehead atoms. The van der Waals surface area contributed by atoms with E-state index in [0.717, 1.165) is 56.9 Å². The third-order valence-electron chi connectivity index (χ3n) is 5.15. The number of H-pyrrole nitrogens is 2. The molecule has 1 saturated heterocycles. The summed E-state index contributed by atoms with van der Waals surface area (Å²) in [4.78, 5) is 27.8. The van der Waals surface area contributed by atoms with Crippen LogP contribution in [-0.4, -0.2) is 56.8 Å². The topological polar surface area (TPSA) is 68.0 Å². The molecule has 3 aromatic rings. The molecule has 1 amide bonds. The van der Waals surface area contributed by atoms with Gasteiger partial charge in [-0.2, -0.15) is 0 Å². The van der Waals surface area contributed by atoms with Crippen LogP contribution >= 0.6 is 0 Å². The summed E-state index contributed by atoms with van der Waals surface area (Å²) in [5, 5.41) is 1.22. The number of aryl methyl sites for hydroxylation is 1. The van der Waals surface area contributed by atoms with Crippen molar-refractivity contribution in [1.82, 2.24) is 24.8 Å². The molecule has 0 spiro atoms. The monoisotopic (exact) mass is 351 g/mol. The van der Waals surface area contributed by atoms with Crippen molar-refractivity contribution >= 4 is 16.8 Å². The molecule has 0 saturated carbocycles. The minimum Gasteiger partial charge on any atom is -0.361 e. The number of hydrogen-bond donors (Lipinski definition) is 2. The molecule has 4 rings (SSSR count). The Morgan fingerprint density at radius 2 is 2.04 bits per heavy atom. The summed E-state index contributed by atoms with van der Waals surface area (Å²) >= 11 is 0. The smallest absolute Gasteiger partial charge is 0.222 e. The number of carbonyl (C=O) groups is 1.